The molecule has 0 aliphatic heterocycles. The van der Waals surface area contributed by atoms with Gasteiger partial charge in [0.25, 0.3) is 0 Å². The van der Waals surface area contributed by atoms with E-state index in [9.17, 15) is 13.2 Å². The lowest BCUT2D eigenvalue weighted by Crippen LogP contribution is -2.32. The second-order valence-electron chi connectivity index (χ2n) is 4.41. The molecule has 0 bridgehead atoms. The van der Waals surface area contributed by atoms with Crippen LogP contribution in [0.4, 0.5) is 5.69 Å². The lowest BCUT2D eigenvalue weighted by molar-refractivity contribution is -0.115. The number of benzene rings is 2. The molecule has 0 spiro atoms. The molecule has 1 amide bonds. The Balaban J connectivity index is 1.95. The minimum atomic E-state index is -3.74. The van der Waals surface area contributed by atoms with Gasteiger partial charge in [-0.3, -0.25) is 4.79 Å². The summed E-state index contributed by atoms with van der Waals surface area (Å²) in [7, 11) is -2.24. The molecule has 2 aromatic carbocycles. The van der Waals surface area contributed by atoms with Crippen LogP contribution in [0.5, 0.6) is 5.75 Å². The van der Waals surface area contributed by atoms with Crippen LogP contribution < -0.4 is 14.8 Å². The van der Waals surface area contributed by atoms with Crippen molar-refractivity contribution in [1.29, 1.82) is 0 Å². The molecule has 2 aromatic rings. The number of carbonyl (C=O) groups excluding carboxylic acids is 1. The molecule has 2 N–H and O–H groups in total. The van der Waals surface area contributed by atoms with Gasteiger partial charge in [-0.15, -0.1) is 0 Å². The maximum atomic E-state index is 12.1. The van der Waals surface area contributed by atoms with Crippen molar-refractivity contribution in [2.75, 3.05) is 19.0 Å². The van der Waals surface area contributed by atoms with Crippen molar-refractivity contribution in [1.82, 2.24) is 4.72 Å². The van der Waals surface area contributed by atoms with Gasteiger partial charge in [0.2, 0.25) is 15.9 Å². The first-order valence-electron chi connectivity index (χ1n) is 6.50. The van der Waals surface area contributed by atoms with E-state index in [1.54, 1.807) is 36.4 Å². The molecule has 0 aromatic heterocycles. The first-order valence-corrected chi connectivity index (χ1v) is 7.98. The van der Waals surface area contributed by atoms with E-state index < -0.39 is 15.9 Å². The third kappa shape index (κ3) is 4.31. The zero-order chi connectivity index (χ0) is 16.0. The molecule has 116 valence electrons. The first-order chi connectivity index (χ1) is 10.5. The van der Waals surface area contributed by atoms with E-state index >= 15 is 0 Å². The fraction of sp³-hybridized carbons (Fsp3) is 0.133. The maximum Gasteiger partial charge on any atom is 0.241 e. The van der Waals surface area contributed by atoms with Gasteiger partial charge < -0.3 is 10.1 Å². The molecule has 0 unspecified atom stereocenters. The Labute approximate surface area is 129 Å². The summed E-state index contributed by atoms with van der Waals surface area (Å²) in [6, 6.07) is 14.7. The zero-order valence-electron chi connectivity index (χ0n) is 11.9. The minimum Gasteiger partial charge on any atom is -0.497 e. The molecule has 6 nitrogen and oxygen atoms in total. The monoisotopic (exact) mass is 320 g/mol. The highest BCUT2D eigenvalue weighted by Crippen LogP contribution is 2.15. The highest BCUT2D eigenvalue weighted by molar-refractivity contribution is 7.89. The maximum absolute atomic E-state index is 12.1. The van der Waals surface area contributed by atoms with E-state index in [1.165, 1.54) is 19.2 Å². The summed E-state index contributed by atoms with van der Waals surface area (Å²) < 4.78 is 31.3. The van der Waals surface area contributed by atoms with Crippen LogP contribution in [0.2, 0.25) is 0 Å². The highest BCUT2D eigenvalue weighted by Gasteiger charge is 2.15. The molecular weight excluding hydrogens is 304 g/mol. The highest BCUT2D eigenvalue weighted by atomic mass is 32.2. The first kappa shape index (κ1) is 16.0. The van der Waals surface area contributed by atoms with Crippen LogP contribution in [0.25, 0.3) is 0 Å². The molecule has 0 atom stereocenters. The summed E-state index contributed by atoms with van der Waals surface area (Å²) in [5.74, 6) is 0.115. The Morgan fingerprint density at radius 1 is 1.05 bits per heavy atom. The number of hydrogen-bond acceptors (Lipinski definition) is 4. The Morgan fingerprint density at radius 3 is 2.27 bits per heavy atom. The fourth-order valence-corrected chi connectivity index (χ4v) is 2.71. The van der Waals surface area contributed by atoms with Gasteiger partial charge in [-0.05, 0) is 36.4 Å². The number of anilines is 1. The lowest BCUT2D eigenvalue weighted by atomic mass is 10.3. The standard InChI is InChI=1S/C15H16N2O4S/c1-21-13-7-9-14(10-8-13)22(19,20)16-11-15(18)17-12-5-3-2-4-6-12/h2-10,16H,11H2,1H3,(H,17,18). The van der Waals surface area contributed by atoms with Crippen LogP contribution in [-0.4, -0.2) is 28.0 Å². The molecule has 0 saturated heterocycles. The summed E-state index contributed by atoms with van der Waals surface area (Å²) in [6.45, 7) is -0.344. The molecule has 22 heavy (non-hydrogen) atoms. The van der Waals surface area contributed by atoms with E-state index in [0.717, 1.165) is 0 Å². The number of amides is 1. The summed E-state index contributed by atoms with van der Waals surface area (Å²) >= 11 is 0. The van der Waals surface area contributed by atoms with Gasteiger partial charge in [0.15, 0.2) is 0 Å². The van der Waals surface area contributed by atoms with Crippen LogP contribution >= 0.6 is 0 Å². The summed E-state index contributed by atoms with van der Waals surface area (Å²) in [4.78, 5) is 11.8. The van der Waals surface area contributed by atoms with Crippen molar-refractivity contribution in [3.63, 3.8) is 0 Å². The Kier molecular flexibility index (Phi) is 5.13. The predicted molar refractivity (Wildman–Crippen MR) is 83.3 cm³/mol. The topological polar surface area (TPSA) is 84.5 Å². The van der Waals surface area contributed by atoms with Crippen molar-refractivity contribution in [3.8, 4) is 5.75 Å². The number of para-hydroxylation sites is 1. The molecular formula is C15H16N2O4S. The van der Waals surface area contributed by atoms with Crippen molar-refractivity contribution < 1.29 is 17.9 Å². The molecule has 0 heterocycles. The van der Waals surface area contributed by atoms with Gasteiger partial charge in [-0.1, -0.05) is 18.2 Å². The lowest BCUT2D eigenvalue weighted by Gasteiger charge is -2.08. The van der Waals surface area contributed by atoms with Gasteiger partial charge in [0, 0.05) is 5.69 Å². The SMILES string of the molecule is COc1ccc(S(=O)(=O)NCC(=O)Nc2ccccc2)cc1. The average molecular weight is 320 g/mol. The number of methoxy groups -OCH3 is 1. The fourth-order valence-electron chi connectivity index (χ4n) is 1.73. The van der Waals surface area contributed by atoms with Crippen molar-refractivity contribution in [2.45, 2.75) is 4.90 Å². The van der Waals surface area contributed by atoms with Crippen molar-refractivity contribution >= 4 is 21.6 Å². The van der Waals surface area contributed by atoms with Gasteiger partial charge >= 0.3 is 0 Å². The Morgan fingerprint density at radius 2 is 1.68 bits per heavy atom. The molecule has 0 aliphatic rings. The third-order valence-electron chi connectivity index (χ3n) is 2.85. The van der Waals surface area contributed by atoms with E-state index in [1.807, 2.05) is 6.07 Å². The predicted octanol–water partition coefficient (Wildman–Crippen LogP) is 1.61. The molecule has 7 heteroatoms. The molecule has 0 radical (unpaired) electrons. The summed E-state index contributed by atoms with van der Waals surface area (Å²) in [5.41, 5.74) is 0.608. The molecule has 0 aliphatic carbocycles. The van der Waals surface area contributed by atoms with Crippen LogP contribution in [0.3, 0.4) is 0 Å². The van der Waals surface area contributed by atoms with Crippen LogP contribution in [0.1, 0.15) is 0 Å². The van der Waals surface area contributed by atoms with Crippen LogP contribution in [0.15, 0.2) is 59.5 Å². The van der Waals surface area contributed by atoms with E-state index in [0.29, 0.717) is 11.4 Å². The molecule has 2 rings (SSSR count). The largest absolute Gasteiger partial charge is 0.497 e. The minimum absolute atomic E-state index is 0.0702. The van der Waals surface area contributed by atoms with E-state index in [-0.39, 0.29) is 11.4 Å². The smallest absolute Gasteiger partial charge is 0.241 e. The number of sulfonamides is 1. The van der Waals surface area contributed by atoms with E-state index in [2.05, 4.69) is 10.0 Å². The Bertz CT molecular complexity index is 728. The normalized spacial score (nSPS) is 11.0. The van der Waals surface area contributed by atoms with Crippen molar-refractivity contribution in [2.24, 2.45) is 0 Å². The van der Waals surface area contributed by atoms with Crippen LogP contribution in [0, 0.1) is 0 Å². The second kappa shape index (κ2) is 7.06. The molecule has 0 fully saturated rings. The van der Waals surface area contributed by atoms with Crippen LogP contribution in [-0.2, 0) is 14.8 Å². The van der Waals surface area contributed by atoms with Gasteiger partial charge in [-0.2, -0.15) is 0 Å². The van der Waals surface area contributed by atoms with Gasteiger partial charge in [-0.25, -0.2) is 13.1 Å². The second-order valence-corrected chi connectivity index (χ2v) is 6.18. The number of ether oxygens (including phenoxy) is 1. The number of hydrogen-bond donors (Lipinski definition) is 2. The van der Waals surface area contributed by atoms with Gasteiger partial charge in [0.05, 0.1) is 18.6 Å². The number of nitrogens with one attached hydrogen (secondary N) is 2. The zero-order valence-corrected chi connectivity index (χ0v) is 12.8. The molecule has 0 saturated carbocycles. The summed E-state index contributed by atoms with van der Waals surface area (Å²) in [5, 5.41) is 2.60. The van der Waals surface area contributed by atoms with Crippen molar-refractivity contribution in [3.05, 3.63) is 54.6 Å². The quantitative estimate of drug-likeness (QED) is 0.847. The summed E-state index contributed by atoms with van der Waals surface area (Å²) in [6.07, 6.45) is 0. The number of rotatable bonds is 6. The average Bonchev–Trinajstić information content (AvgIpc) is 2.54. The Hall–Kier alpha value is -2.38. The number of carbonyl (C=O) groups is 1. The third-order valence-corrected chi connectivity index (χ3v) is 4.27. The van der Waals surface area contributed by atoms with Gasteiger partial charge in [0.1, 0.15) is 5.75 Å². The van der Waals surface area contributed by atoms with E-state index in [4.69, 9.17) is 4.74 Å².